The van der Waals surface area contributed by atoms with Crippen LogP contribution in [0.1, 0.15) is 54.7 Å². The van der Waals surface area contributed by atoms with Gasteiger partial charge in [-0.05, 0) is 96.6 Å². The van der Waals surface area contributed by atoms with E-state index in [9.17, 15) is 4.79 Å². The first-order chi connectivity index (χ1) is 17.6. The highest BCUT2D eigenvalue weighted by atomic mass is 16.1. The number of carbonyl (C=O) groups is 1. The summed E-state index contributed by atoms with van der Waals surface area (Å²) in [6.07, 6.45) is 11.9. The van der Waals surface area contributed by atoms with E-state index >= 15 is 0 Å². The molecule has 5 atom stereocenters. The van der Waals surface area contributed by atoms with Crippen LogP contribution in [-0.2, 0) is 6.54 Å². The Morgan fingerprint density at radius 1 is 1.08 bits per heavy atom. The van der Waals surface area contributed by atoms with Crippen LogP contribution in [0.15, 0.2) is 48.8 Å². The molecule has 4 aliphatic rings. The van der Waals surface area contributed by atoms with Gasteiger partial charge in [0.05, 0.1) is 5.69 Å². The molecule has 182 valence electrons. The van der Waals surface area contributed by atoms with Gasteiger partial charge in [-0.3, -0.25) is 14.2 Å². The number of imidazole rings is 1. The molecule has 0 saturated heterocycles. The van der Waals surface area contributed by atoms with E-state index in [1.165, 1.54) is 43.3 Å². The normalized spacial score (nSPS) is 31.5. The molecule has 5 unspecified atom stereocenters. The van der Waals surface area contributed by atoms with Crippen molar-refractivity contribution >= 4 is 11.6 Å². The number of pyridine rings is 2. The summed E-state index contributed by atoms with van der Waals surface area (Å²) in [4.78, 5) is 23.8. The first-order valence-electron chi connectivity index (χ1n) is 13.0. The lowest BCUT2D eigenvalue weighted by atomic mass is 9.55. The smallest absolute Gasteiger partial charge is 0.268 e. The second kappa shape index (κ2) is 7.21. The standard InChI is InChI=1S/C27H28N8O/c36-25(29-16-26-10-17-8-18-9-19(12-26)27(18,11-17)15-26)22-5-3-6-23-30-20(13-34(22)23)14-35-32-24(31-33-35)21-4-1-2-7-28-21/h1-7,13,17-19H,8-12,14-16H2,(H,29,36). The second-order valence-corrected chi connectivity index (χ2v) is 11.7. The number of carbonyl (C=O) groups excluding carboxylic acids is 1. The van der Waals surface area contributed by atoms with E-state index < -0.39 is 0 Å². The van der Waals surface area contributed by atoms with E-state index in [4.69, 9.17) is 4.98 Å². The van der Waals surface area contributed by atoms with Gasteiger partial charge in [-0.15, -0.1) is 10.2 Å². The molecule has 1 spiro atoms. The Morgan fingerprint density at radius 2 is 2.06 bits per heavy atom. The monoisotopic (exact) mass is 480 g/mol. The zero-order valence-electron chi connectivity index (χ0n) is 20.0. The van der Waals surface area contributed by atoms with Gasteiger partial charge in [0.25, 0.3) is 5.91 Å². The van der Waals surface area contributed by atoms with Crippen molar-refractivity contribution in [3.63, 3.8) is 0 Å². The van der Waals surface area contributed by atoms with Crippen LogP contribution in [0.2, 0.25) is 0 Å². The number of fused-ring (bicyclic) bond motifs is 3. The van der Waals surface area contributed by atoms with Gasteiger partial charge in [0.1, 0.15) is 23.6 Å². The third kappa shape index (κ3) is 2.94. The summed E-state index contributed by atoms with van der Waals surface area (Å²) in [5.74, 6) is 3.22. The van der Waals surface area contributed by atoms with Crippen molar-refractivity contribution in [2.45, 2.75) is 45.1 Å². The lowest BCUT2D eigenvalue weighted by Gasteiger charge is -2.49. The zero-order chi connectivity index (χ0) is 23.9. The van der Waals surface area contributed by atoms with Crippen LogP contribution < -0.4 is 5.32 Å². The zero-order valence-corrected chi connectivity index (χ0v) is 20.0. The Bertz CT molecular complexity index is 1490. The van der Waals surface area contributed by atoms with Gasteiger partial charge >= 0.3 is 0 Å². The Morgan fingerprint density at radius 3 is 2.97 bits per heavy atom. The minimum Gasteiger partial charge on any atom is -0.350 e. The summed E-state index contributed by atoms with van der Waals surface area (Å²) >= 11 is 0. The lowest BCUT2D eigenvalue weighted by Crippen LogP contribution is -2.43. The van der Waals surface area contributed by atoms with Crippen LogP contribution in [0, 0.1) is 28.6 Å². The van der Waals surface area contributed by atoms with Gasteiger partial charge in [-0.1, -0.05) is 12.1 Å². The first kappa shape index (κ1) is 20.6. The van der Waals surface area contributed by atoms with Crippen molar-refractivity contribution in [2.75, 3.05) is 6.54 Å². The van der Waals surface area contributed by atoms with Crippen LogP contribution in [0.25, 0.3) is 17.2 Å². The summed E-state index contributed by atoms with van der Waals surface area (Å²) < 4.78 is 1.87. The summed E-state index contributed by atoms with van der Waals surface area (Å²) in [7, 11) is 0. The predicted molar refractivity (Wildman–Crippen MR) is 131 cm³/mol. The number of hydrogen-bond donors (Lipinski definition) is 1. The molecule has 4 aromatic rings. The fourth-order valence-electron chi connectivity index (χ4n) is 8.48. The molecule has 3 bridgehead atoms. The van der Waals surface area contributed by atoms with E-state index in [-0.39, 0.29) is 5.91 Å². The molecule has 4 heterocycles. The van der Waals surface area contributed by atoms with Crippen LogP contribution in [0.3, 0.4) is 0 Å². The highest BCUT2D eigenvalue weighted by molar-refractivity contribution is 5.93. The molecule has 9 nitrogen and oxygen atoms in total. The summed E-state index contributed by atoms with van der Waals surface area (Å²) in [5, 5.41) is 16.0. The van der Waals surface area contributed by atoms with E-state index in [2.05, 4.69) is 25.7 Å². The molecule has 0 aliphatic heterocycles. The molecule has 9 heteroatoms. The number of aromatic nitrogens is 7. The number of amides is 1. The summed E-state index contributed by atoms with van der Waals surface area (Å²) in [5.41, 5.74) is 3.73. The summed E-state index contributed by atoms with van der Waals surface area (Å²) in [6.45, 7) is 1.15. The van der Waals surface area contributed by atoms with Gasteiger partial charge < -0.3 is 5.32 Å². The van der Waals surface area contributed by atoms with E-state index in [0.29, 0.717) is 34.6 Å². The van der Waals surface area contributed by atoms with Crippen molar-refractivity contribution in [1.29, 1.82) is 0 Å². The van der Waals surface area contributed by atoms with Crippen LogP contribution >= 0.6 is 0 Å². The Hall–Kier alpha value is -3.62. The third-order valence-electron chi connectivity index (χ3n) is 9.64. The maximum Gasteiger partial charge on any atom is 0.268 e. The quantitative estimate of drug-likeness (QED) is 0.454. The Balaban J connectivity index is 1.00. The molecule has 1 amide bonds. The molecule has 0 radical (unpaired) electrons. The molecule has 4 aliphatic carbocycles. The van der Waals surface area contributed by atoms with Gasteiger partial charge in [-0.25, -0.2) is 4.98 Å². The molecule has 1 N–H and O–H groups in total. The molecular formula is C27H28N8O. The topological polar surface area (TPSA) is 103 Å². The molecular weight excluding hydrogens is 452 g/mol. The Labute approximate surface area is 208 Å². The minimum absolute atomic E-state index is 0.0264. The van der Waals surface area contributed by atoms with Gasteiger partial charge in [0.15, 0.2) is 0 Å². The van der Waals surface area contributed by atoms with E-state index in [1.807, 2.05) is 47.0 Å². The van der Waals surface area contributed by atoms with Crippen molar-refractivity contribution in [3.05, 3.63) is 60.2 Å². The van der Waals surface area contributed by atoms with E-state index in [1.54, 1.807) is 6.20 Å². The highest BCUT2D eigenvalue weighted by Crippen LogP contribution is 2.78. The average Bonchev–Trinajstić information content (AvgIpc) is 3.61. The number of rotatable bonds is 6. The van der Waals surface area contributed by atoms with Crippen LogP contribution in [0.4, 0.5) is 0 Å². The third-order valence-corrected chi connectivity index (χ3v) is 9.64. The molecule has 4 saturated carbocycles. The molecule has 8 rings (SSSR count). The average molecular weight is 481 g/mol. The molecule has 0 aromatic carbocycles. The number of nitrogens with one attached hydrogen (secondary N) is 1. The fraction of sp³-hybridized carbons (Fsp3) is 0.481. The molecule has 4 aromatic heterocycles. The fourth-order valence-corrected chi connectivity index (χ4v) is 8.48. The highest BCUT2D eigenvalue weighted by Gasteiger charge is 2.70. The van der Waals surface area contributed by atoms with Crippen LogP contribution in [-0.4, -0.2) is 47.0 Å². The first-order valence-corrected chi connectivity index (χ1v) is 13.0. The largest absolute Gasteiger partial charge is 0.350 e. The number of hydrogen-bond acceptors (Lipinski definition) is 6. The van der Waals surface area contributed by atoms with Gasteiger partial charge in [0.2, 0.25) is 5.82 Å². The van der Waals surface area contributed by atoms with E-state index in [0.717, 1.165) is 35.6 Å². The van der Waals surface area contributed by atoms with Crippen molar-refractivity contribution in [3.8, 4) is 11.5 Å². The molecule has 4 fully saturated rings. The maximum absolute atomic E-state index is 13.4. The maximum atomic E-state index is 13.4. The van der Waals surface area contributed by atoms with Gasteiger partial charge in [-0.2, -0.15) is 4.80 Å². The number of nitrogens with zero attached hydrogens (tertiary/aromatic N) is 7. The summed E-state index contributed by atoms with van der Waals surface area (Å²) in [6, 6.07) is 11.3. The number of tetrazole rings is 1. The lowest BCUT2D eigenvalue weighted by molar-refractivity contribution is -0.00254. The molecule has 36 heavy (non-hydrogen) atoms. The second-order valence-electron chi connectivity index (χ2n) is 11.7. The van der Waals surface area contributed by atoms with Crippen molar-refractivity contribution in [1.82, 2.24) is 39.9 Å². The van der Waals surface area contributed by atoms with Crippen molar-refractivity contribution < 1.29 is 4.79 Å². The Kier molecular flexibility index (Phi) is 4.12. The van der Waals surface area contributed by atoms with Crippen LogP contribution in [0.5, 0.6) is 0 Å². The SMILES string of the molecule is O=C(NCC12CC3CC4CC(C1)C4(C3)C2)c1cccc2nc(Cn3nnc(-c4ccccn4)n3)cn12. The van der Waals surface area contributed by atoms with Crippen molar-refractivity contribution in [2.24, 2.45) is 28.6 Å². The van der Waals surface area contributed by atoms with Gasteiger partial charge in [0, 0.05) is 18.9 Å². The minimum atomic E-state index is -0.0264. The predicted octanol–water partition coefficient (Wildman–Crippen LogP) is 3.38.